The lowest BCUT2D eigenvalue weighted by atomic mass is 9.93. The van der Waals surface area contributed by atoms with Crippen LogP contribution < -0.4 is 5.73 Å². The van der Waals surface area contributed by atoms with Gasteiger partial charge in [0, 0.05) is 6.04 Å². The maximum atomic E-state index is 6.04. The molecular formula is C9H15N. The minimum Gasteiger partial charge on any atom is -0.327 e. The Morgan fingerprint density at radius 1 is 1.20 bits per heavy atom. The molecule has 0 saturated heterocycles. The molecule has 0 unspecified atom stereocenters. The molecule has 10 heavy (non-hydrogen) atoms. The van der Waals surface area contributed by atoms with Gasteiger partial charge in [0.2, 0.25) is 0 Å². The first kappa shape index (κ1) is 5.59. The summed E-state index contributed by atoms with van der Waals surface area (Å²) in [7, 11) is 0. The summed E-state index contributed by atoms with van der Waals surface area (Å²) in [6, 6.07) is 0.584. The largest absolute Gasteiger partial charge is 0.327 e. The van der Waals surface area contributed by atoms with E-state index in [-0.39, 0.29) is 0 Å². The van der Waals surface area contributed by atoms with Gasteiger partial charge in [-0.25, -0.2) is 0 Å². The van der Waals surface area contributed by atoms with Gasteiger partial charge in [0.05, 0.1) is 0 Å². The van der Waals surface area contributed by atoms with E-state index in [0.717, 1.165) is 17.3 Å². The Morgan fingerprint density at radius 2 is 2.00 bits per heavy atom. The SMILES string of the molecule is N[C@H]1C[C@@H]2CC[C@H]1C21CC1. The average molecular weight is 137 g/mol. The Kier molecular flexibility index (Phi) is 0.797. The number of hydrogen-bond acceptors (Lipinski definition) is 1. The van der Waals surface area contributed by atoms with Gasteiger partial charge in [0.25, 0.3) is 0 Å². The van der Waals surface area contributed by atoms with Gasteiger partial charge in [-0.3, -0.25) is 0 Å². The molecule has 3 fully saturated rings. The van der Waals surface area contributed by atoms with Crippen molar-refractivity contribution in [2.45, 2.75) is 38.1 Å². The minimum atomic E-state index is 0.584. The summed E-state index contributed by atoms with van der Waals surface area (Å²) in [6.07, 6.45) is 7.32. The van der Waals surface area contributed by atoms with Crippen LogP contribution in [0.25, 0.3) is 0 Å². The van der Waals surface area contributed by atoms with Crippen LogP contribution in [0.3, 0.4) is 0 Å². The zero-order chi connectivity index (χ0) is 6.77. The lowest BCUT2D eigenvalue weighted by Crippen LogP contribution is -2.27. The molecule has 1 nitrogen and oxygen atoms in total. The summed E-state index contributed by atoms with van der Waals surface area (Å²) in [4.78, 5) is 0. The lowest BCUT2D eigenvalue weighted by molar-refractivity contribution is 0.366. The zero-order valence-electron chi connectivity index (χ0n) is 6.34. The van der Waals surface area contributed by atoms with E-state index in [2.05, 4.69) is 0 Å². The zero-order valence-corrected chi connectivity index (χ0v) is 6.34. The van der Waals surface area contributed by atoms with Crippen LogP contribution in [0, 0.1) is 17.3 Å². The van der Waals surface area contributed by atoms with E-state index >= 15 is 0 Å². The van der Waals surface area contributed by atoms with Crippen molar-refractivity contribution in [2.24, 2.45) is 23.0 Å². The Bertz CT molecular complexity index is 172. The second-order valence-corrected chi connectivity index (χ2v) is 4.51. The van der Waals surface area contributed by atoms with Crippen molar-refractivity contribution in [3.63, 3.8) is 0 Å². The molecule has 0 radical (unpaired) electrons. The molecule has 56 valence electrons. The third-order valence-electron chi connectivity index (χ3n) is 4.28. The first-order valence-corrected chi connectivity index (χ1v) is 4.58. The molecule has 0 aromatic carbocycles. The molecular weight excluding hydrogens is 122 g/mol. The van der Waals surface area contributed by atoms with E-state index in [1.165, 1.54) is 32.1 Å². The molecule has 1 heteroatoms. The van der Waals surface area contributed by atoms with Crippen molar-refractivity contribution in [1.29, 1.82) is 0 Å². The second kappa shape index (κ2) is 1.42. The van der Waals surface area contributed by atoms with E-state index in [4.69, 9.17) is 5.73 Å². The van der Waals surface area contributed by atoms with Gasteiger partial charge in [-0.1, -0.05) is 0 Å². The molecule has 3 aliphatic rings. The average Bonchev–Trinajstić information content (AvgIpc) is 2.55. The highest BCUT2D eigenvalue weighted by Crippen LogP contribution is 2.70. The minimum absolute atomic E-state index is 0.584. The van der Waals surface area contributed by atoms with Gasteiger partial charge < -0.3 is 5.73 Å². The highest BCUT2D eigenvalue weighted by atomic mass is 14.8. The highest BCUT2D eigenvalue weighted by molar-refractivity contribution is 5.15. The van der Waals surface area contributed by atoms with E-state index < -0.39 is 0 Å². The quantitative estimate of drug-likeness (QED) is 0.538. The van der Waals surface area contributed by atoms with Crippen molar-refractivity contribution in [2.75, 3.05) is 0 Å². The van der Waals surface area contributed by atoms with E-state index in [9.17, 15) is 0 Å². The molecule has 0 heterocycles. The fraction of sp³-hybridized carbons (Fsp3) is 1.00. The topological polar surface area (TPSA) is 26.0 Å². The van der Waals surface area contributed by atoms with Crippen LogP contribution in [0.4, 0.5) is 0 Å². The van der Waals surface area contributed by atoms with Crippen molar-refractivity contribution >= 4 is 0 Å². The summed E-state index contributed by atoms with van der Waals surface area (Å²) >= 11 is 0. The number of hydrogen-bond donors (Lipinski definition) is 1. The Morgan fingerprint density at radius 3 is 2.30 bits per heavy atom. The molecule has 0 aliphatic heterocycles. The molecule has 1 spiro atoms. The van der Waals surface area contributed by atoms with Gasteiger partial charge in [-0.05, 0) is 49.4 Å². The molecule has 2 N–H and O–H groups in total. The summed E-state index contributed by atoms with van der Waals surface area (Å²) in [6.45, 7) is 0. The first-order valence-electron chi connectivity index (χ1n) is 4.58. The van der Waals surface area contributed by atoms with Gasteiger partial charge in [-0.2, -0.15) is 0 Å². The molecule has 0 aromatic heterocycles. The predicted octanol–water partition coefficient (Wildman–Crippen LogP) is 1.52. The molecule has 3 rings (SSSR count). The third kappa shape index (κ3) is 0.430. The smallest absolute Gasteiger partial charge is 0.00754 e. The molecule has 3 saturated carbocycles. The van der Waals surface area contributed by atoms with Gasteiger partial charge in [0.15, 0.2) is 0 Å². The van der Waals surface area contributed by atoms with Crippen LogP contribution in [0.15, 0.2) is 0 Å². The lowest BCUT2D eigenvalue weighted by Gasteiger charge is -2.16. The Balaban J connectivity index is 2.00. The van der Waals surface area contributed by atoms with Crippen molar-refractivity contribution in [3.05, 3.63) is 0 Å². The van der Waals surface area contributed by atoms with Crippen LogP contribution in [0.2, 0.25) is 0 Å². The van der Waals surface area contributed by atoms with Gasteiger partial charge >= 0.3 is 0 Å². The summed E-state index contributed by atoms with van der Waals surface area (Å²) < 4.78 is 0. The fourth-order valence-corrected chi connectivity index (χ4v) is 3.67. The maximum absolute atomic E-state index is 6.04. The third-order valence-corrected chi connectivity index (χ3v) is 4.28. The Hall–Kier alpha value is -0.0400. The summed E-state index contributed by atoms with van der Waals surface area (Å²) in [5.74, 6) is 1.99. The Labute approximate surface area is 62.0 Å². The first-order chi connectivity index (χ1) is 4.83. The molecule has 0 amide bonds. The van der Waals surface area contributed by atoms with E-state index in [1.54, 1.807) is 0 Å². The molecule has 2 bridgehead atoms. The van der Waals surface area contributed by atoms with Gasteiger partial charge in [0.1, 0.15) is 0 Å². The molecule has 0 aromatic rings. The molecule has 3 aliphatic carbocycles. The maximum Gasteiger partial charge on any atom is 0.00754 e. The van der Waals surface area contributed by atoms with Crippen molar-refractivity contribution in [1.82, 2.24) is 0 Å². The normalized spacial score (nSPS) is 54.3. The van der Waals surface area contributed by atoms with Crippen LogP contribution >= 0.6 is 0 Å². The number of nitrogens with two attached hydrogens (primary N) is 1. The van der Waals surface area contributed by atoms with Crippen molar-refractivity contribution < 1.29 is 0 Å². The number of rotatable bonds is 0. The monoisotopic (exact) mass is 137 g/mol. The summed E-state index contributed by atoms with van der Waals surface area (Å²) in [5.41, 5.74) is 6.85. The highest BCUT2D eigenvalue weighted by Gasteiger charge is 2.63. The summed E-state index contributed by atoms with van der Waals surface area (Å²) in [5, 5.41) is 0. The standard InChI is InChI=1S/C9H15N/c10-8-5-6-1-2-7(8)9(6)3-4-9/h6-8H,1-5,10H2/t6-,7+,8-/m0/s1. The van der Waals surface area contributed by atoms with Crippen LogP contribution in [0.1, 0.15) is 32.1 Å². The second-order valence-electron chi connectivity index (χ2n) is 4.51. The predicted molar refractivity (Wildman–Crippen MR) is 40.5 cm³/mol. The van der Waals surface area contributed by atoms with Crippen molar-refractivity contribution in [3.8, 4) is 0 Å². The van der Waals surface area contributed by atoms with Crippen LogP contribution in [-0.4, -0.2) is 6.04 Å². The van der Waals surface area contributed by atoms with E-state index in [1.807, 2.05) is 0 Å². The van der Waals surface area contributed by atoms with E-state index in [0.29, 0.717) is 6.04 Å². The van der Waals surface area contributed by atoms with Gasteiger partial charge in [-0.15, -0.1) is 0 Å². The van der Waals surface area contributed by atoms with Crippen LogP contribution in [-0.2, 0) is 0 Å². The fourth-order valence-electron chi connectivity index (χ4n) is 3.67. The molecule has 3 atom stereocenters. The van der Waals surface area contributed by atoms with Crippen LogP contribution in [0.5, 0.6) is 0 Å².